The zero-order chi connectivity index (χ0) is 18.0. The van der Waals surface area contributed by atoms with E-state index in [2.05, 4.69) is 75.2 Å². The van der Waals surface area contributed by atoms with Crippen LogP contribution in [0.3, 0.4) is 0 Å². The standard InChI is InChI=1S/C22H12ClN3O/c23-22-24-12-20-21(25-22)16-11-13(9-10-19(16)27-20)26-17-7-3-1-5-14(17)15-6-2-4-8-18(15)26/h1-12H. The van der Waals surface area contributed by atoms with Crippen LogP contribution in [-0.4, -0.2) is 14.5 Å². The topological polar surface area (TPSA) is 43.9 Å². The molecule has 0 aliphatic heterocycles. The van der Waals surface area contributed by atoms with Gasteiger partial charge in [0.15, 0.2) is 5.58 Å². The molecule has 0 fully saturated rings. The number of aromatic nitrogens is 3. The van der Waals surface area contributed by atoms with E-state index in [9.17, 15) is 0 Å². The highest BCUT2D eigenvalue weighted by atomic mass is 35.5. The van der Waals surface area contributed by atoms with Gasteiger partial charge in [0.1, 0.15) is 11.1 Å². The first-order valence-corrected chi connectivity index (χ1v) is 9.01. The lowest BCUT2D eigenvalue weighted by atomic mass is 10.2. The maximum Gasteiger partial charge on any atom is 0.223 e. The largest absolute Gasteiger partial charge is 0.453 e. The van der Waals surface area contributed by atoms with Gasteiger partial charge in [-0.15, -0.1) is 0 Å². The fourth-order valence-electron chi connectivity index (χ4n) is 3.87. The number of para-hydroxylation sites is 2. The molecule has 0 atom stereocenters. The van der Waals surface area contributed by atoms with E-state index in [4.69, 9.17) is 16.0 Å². The predicted octanol–water partition coefficient (Wildman–Crippen LogP) is 6.13. The van der Waals surface area contributed by atoms with Gasteiger partial charge in [-0.25, -0.2) is 9.97 Å². The predicted molar refractivity (Wildman–Crippen MR) is 109 cm³/mol. The summed E-state index contributed by atoms with van der Waals surface area (Å²) < 4.78 is 8.13. The minimum atomic E-state index is 0.215. The highest BCUT2D eigenvalue weighted by Gasteiger charge is 2.14. The lowest BCUT2D eigenvalue weighted by Gasteiger charge is -2.07. The van der Waals surface area contributed by atoms with Crippen LogP contribution in [0.1, 0.15) is 0 Å². The van der Waals surface area contributed by atoms with Gasteiger partial charge >= 0.3 is 0 Å². The SMILES string of the molecule is Clc1ncc2oc3ccc(-n4c5ccccc5c5ccccc54)cc3c2n1. The summed E-state index contributed by atoms with van der Waals surface area (Å²) in [6, 6.07) is 23.0. The fraction of sp³-hybridized carbons (Fsp3) is 0. The van der Waals surface area contributed by atoms with E-state index in [0.717, 1.165) is 22.2 Å². The molecule has 0 unspecified atom stereocenters. The van der Waals surface area contributed by atoms with Gasteiger partial charge in [-0.05, 0) is 41.9 Å². The van der Waals surface area contributed by atoms with Gasteiger partial charge in [0, 0.05) is 21.8 Å². The van der Waals surface area contributed by atoms with Crippen LogP contribution in [0.15, 0.2) is 77.3 Å². The smallest absolute Gasteiger partial charge is 0.223 e. The van der Waals surface area contributed by atoms with Crippen LogP contribution in [0.25, 0.3) is 49.6 Å². The Morgan fingerprint density at radius 2 is 1.48 bits per heavy atom. The summed E-state index contributed by atoms with van der Waals surface area (Å²) in [6.45, 7) is 0. The van der Waals surface area contributed by atoms with Gasteiger partial charge in [-0.1, -0.05) is 36.4 Å². The molecule has 0 bridgehead atoms. The average molecular weight is 370 g/mol. The molecule has 0 saturated carbocycles. The number of furan rings is 1. The van der Waals surface area contributed by atoms with Gasteiger partial charge in [0.25, 0.3) is 0 Å². The molecule has 128 valence electrons. The second-order valence-electron chi connectivity index (χ2n) is 6.50. The Kier molecular flexibility index (Phi) is 2.91. The monoisotopic (exact) mass is 369 g/mol. The van der Waals surface area contributed by atoms with Crippen molar-refractivity contribution >= 4 is 55.5 Å². The van der Waals surface area contributed by atoms with Crippen LogP contribution in [0.5, 0.6) is 0 Å². The van der Waals surface area contributed by atoms with E-state index >= 15 is 0 Å². The second kappa shape index (κ2) is 5.32. The summed E-state index contributed by atoms with van der Waals surface area (Å²) in [4.78, 5) is 8.37. The molecule has 0 aliphatic rings. The number of hydrogen-bond donors (Lipinski definition) is 0. The first-order chi connectivity index (χ1) is 13.3. The fourth-order valence-corrected chi connectivity index (χ4v) is 4.00. The molecule has 3 aromatic carbocycles. The summed E-state index contributed by atoms with van der Waals surface area (Å²) in [5.41, 5.74) is 5.52. The van der Waals surface area contributed by atoms with Crippen molar-refractivity contribution in [3.63, 3.8) is 0 Å². The highest BCUT2D eigenvalue weighted by Crippen LogP contribution is 2.34. The van der Waals surface area contributed by atoms with Crippen molar-refractivity contribution in [2.45, 2.75) is 0 Å². The first-order valence-electron chi connectivity index (χ1n) is 8.63. The number of halogens is 1. The van der Waals surface area contributed by atoms with Crippen molar-refractivity contribution in [3.05, 3.63) is 78.2 Å². The third-order valence-corrected chi connectivity index (χ3v) is 5.18. The maximum atomic E-state index is 6.00. The van der Waals surface area contributed by atoms with E-state index in [0.29, 0.717) is 5.58 Å². The van der Waals surface area contributed by atoms with E-state index in [1.54, 1.807) is 6.20 Å². The Labute approximate surface area is 158 Å². The van der Waals surface area contributed by atoms with Crippen LogP contribution in [0, 0.1) is 0 Å². The number of fused-ring (bicyclic) bond motifs is 6. The second-order valence-corrected chi connectivity index (χ2v) is 6.84. The van der Waals surface area contributed by atoms with Crippen molar-refractivity contribution < 1.29 is 4.42 Å². The Balaban J connectivity index is 1.74. The van der Waals surface area contributed by atoms with Gasteiger partial charge in [0.05, 0.1) is 17.2 Å². The summed E-state index contributed by atoms with van der Waals surface area (Å²) in [6.07, 6.45) is 1.62. The lowest BCUT2D eigenvalue weighted by molar-refractivity contribution is 0.665. The summed E-state index contributed by atoms with van der Waals surface area (Å²) >= 11 is 6.00. The van der Waals surface area contributed by atoms with E-state index < -0.39 is 0 Å². The summed E-state index contributed by atoms with van der Waals surface area (Å²) in [5, 5.41) is 3.60. The Bertz CT molecular complexity index is 1440. The molecule has 0 saturated heterocycles. The van der Waals surface area contributed by atoms with Crippen molar-refractivity contribution in [3.8, 4) is 5.69 Å². The molecule has 5 heteroatoms. The molecule has 0 amide bonds. The van der Waals surface area contributed by atoms with Crippen molar-refractivity contribution in [2.24, 2.45) is 0 Å². The Hall–Kier alpha value is -3.37. The third-order valence-electron chi connectivity index (χ3n) is 5.00. The average Bonchev–Trinajstić information content (AvgIpc) is 3.23. The van der Waals surface area contributed by atoms with Crippen molar-refractivity contribution in [1.29, 1.82) is 0 Å². The molecule has 3 heterocycles. The zero-order valence-electron chi connectivity index (χ0n) is 14.1. The van der Waals surface area contributed by atoms with Crippen molar-refractivity contribution in [1.82, 2.24) is 14.5 Å². The van der Waals surface area contributed by atoms with E-state index in [1.807, 2.05) is 6.07 Å². The summed E-state index contributed by atoms with van der Waals surface area (Å²) in [7, 11) is 0. The van der Waals surface area contributed by atoms with Crippen LogP contribution < -0.4 is 0 Å². The van der Waals surface area contributed by atoms with Gasteiger partial charge in [-0.3, -0.25) is 0 Å². The van der Waals surface area contributed by atoms with Crippen LogP contribution in [0.4, 0.5) is 0 Å². The van der Waals surface area contributed by atoms with Crippen LogP contribution >= 0.6 is 11.6 Å². The molecule has 6 rings (SSSR count). The Morgan fingerprint density at radius 1 is 0.778 bits per heavy atom. The molecule has 4 nitrogen and oxygen atoms in total. The molecule has 0 aliphatic carbocycles. The highest BCUT2D eigenvalue weighted by molar-refractivity contribution is 6.28. The summed E-state index contributed by atoms with van der Waals surface area (Å²) in [5.74, 6) is 0. The third kappa shape index (κ3) is 2.04. The van der Waals surface area contributed by atoms with Crippen LogP contribution in [0.2, 0.25) is 5.28 Å². The normalized spacial score (nSPS) is 11.9. The van der Waals surface area contributed by atoms with E-state index in [-0.39, 0.29) is 5.28 Å². The number of nitrogens with zero attached hydrogens (tertiary/aromatic N) is 3. The maximum absolute atomic E-state index is 6.00. The molecule has 3 aromatic heterocycles. The minimum absolute atomic E-state index is 0.215. The molecule has 0 radical (unpaired) electrons. The van der Waals surface area contributed by atoms with Gasteiger partial charge in [0.2, 0.25) is 5.28 Å². The van der Waals surface area contributed by atoms with Crippen LogP contribution in [-0.2, 0) is 0 Å². The molecule has 6 aromatic rings. The molecule has 0 spiro atoms. The van der Waals surface area contributed by atoms with E-state index in [1.165, 1.54) is 21.8 Å². The molecular weight excluding hydrogens is 358 g/mol. The molecule has 27 heavy (non-hydrogen) atoms. The quantitative estimate of drug-likeness (QED) is 0.327. The number of rotatable bonds is 1. The first kappa shape index (κ1) is 14.8. The van der Waals surface area contributed by atoms with Crippen molar-refractivity contribution in [2.75, 3.05) is 0 Å². The molecule has 0 N–H and O–H groups in total. The van der Waals surface area contributed by atoms with Gasteiger partial charge in [-0.2, -0.15) is 0 Å². The Morgan fingerprint density at radius 3 is 2.22 bits per heavy atom. The number of hydrogen-bond acceptors (Lipinski definition) is 3. The van der Waals surface area contributed by atoms with Gasteiger partial charge < -0.3 is 8.98 Å². The molecular formula is C22H12ClN3O. The minimum Gasteiger partial charge on any atom is -0.453 e. The number of benzene rings is 3. The lowest BCUT2D eigenvalue weighted by Crippen LogP contribution is -1.93. The zero-order valence-corrected chi connectivity index (χ0v) is 14.8.